The molecule has 0 radical (unpaired) electrons. The highest BCUT2D eigenvalue weighted by Crippen LogP contribution is 2.30. The second-order valence-electron chi connectivity index (χ2n) is 11.6. The maximum absolute atomic E-state index is 14.3. The lowest BCUT2D eigenvalue weighted by atomic mass is 10.0. The average molecular weight is 650 g/mol. The molecular weight excluding hydrogens is 600 g/mol. The fourth-order valence-corrected chi connectivity index (χ4v) is 4.69. The van der Waals surface area contributed by atoms with E-state index in [0.29, 0.717) is 18.9 Å². The molecule has 1 amide bonds. The molecule has 0 heterocycles. The number of aliphatic hydroxyl groups excluding tert-OH is 1. The number of unbranched alkanes of at least 4 members (excludes halogenated alkanes) is 1. The first kappa shape index (κ1) is 38.9. The van der Waals surface area contributed by atoms with Crippen molar-refractivity contribution in [3.63, 3.8) is 0 Å². The van der Waals surface area contributed by atoms with Gasteiger partial charge in [0, 0.05) is 18.1 Å². The van der Waals surface area contributed by atoms with Gasteiger partial charge in [0.05, 0.1) is 6.04 Å². The maximum Gasteiger partial charge on any atom is 0.339 e. The Bertz CT molecular complexity index is 1410. The minimum Gasteiger partial charge on any atom is -0.478 e. The number of allylic oxidation sites excluding steroid dienone is 10. The summed E-state index contributed by atoms with van der Waals surface area (Å²) in [5, 5.41) is 23.5. The molecule has 3 N–H and O–H groups in total. The summed E-state index contributed by atoms with van der Waals surface area (Å²) >= 11 is 0. The lowest BCUT2D eigenvalue weighted by Gasteiger charge is -2.26. The first-order valence-corrected chi connectivity index (χ1v) is 16.3. The highest BCUT2D eigenvalue weighted by atomic mass is 19.1. The molecule has 254 valence electrons. The summed E-state index contributed by atoms with van der Waals surface area (Å²) in [4.78, 5) is 24.7. The molecule has 0 aliphatic rings. The van der Waals surface area contributed by atoms with Crippen molar-refractivity contribution in [3.05, 3.63) is 114 Å². The van der Waals surface area contributed by atoms with Crippen LogP contribution < -0.4 is 10.1 Å². The smallest absolute Gasteiger partial charge is 0.339 e. The Balaban J connectivity index is 1.82. The summed E-state index contributed by atoms with van der Waals surface area (Å²) in [6.45, 7) is 5.99. The second kappa shape index (κ2) is 22.3. The highest BCUT2D eigenvalue weighted by molar-refractivity contribution is 5.92. The summed E-state index contributed by atoms with van der Waals surface area (Å²) in [5.41, 5.74) is -0.0752. The maximum atomic E-state index is 14.3. The fraction of sp³-hybridized carbons (Fsp3) is 0.385. The number of nitrogens with one attached hydrogen (secondary N) is 1. The third kappa shape index (κ3) is 15.7. The summed E-state index contributed by atoms with van der Waals surface area (Å²) in [7, 11) is 0. The number of carbonyl (C=O) groups excluding carboxylic acids is 1. The van der Waals surface area contributed by atoms with Crippen LogP contribution in [0, 0.1) is 17.6 Å². The van der Waals surface area contributed by atoms with Crippen molar-refractivity contribution >= 4 is 11.9 Å². The molecular formula is C39H49F2NO5. The fourth-order valence-electron chi connectivity index (χ4n) is 4.69. The van der Waals surface area contributed by atoms with E-state index in [4.69, 9.17) is 4.74 Å². The van der Waals surface area contributed by atoms with E-state index in [1.54, 1.807) is 0 Å². The Morgan fingerprint density at radius 1 is 0.851 bits per heavy atom. The number of ether oxygens (including phenoxy) is 1. The number of hydrogen-bond acceptors (Lipinski definition) is 4. The monoisotopic (exact) mass is 649 g/mol. The average Bonchev–Trinajstić information content (AvgIpc) is 3.02. The Labute approximate surface area is 278 Å². The van der Waals surface area contributed by atoms with E-state index >= 15 is 0 Å². The third-order valence-corrected chi connectivity index (χ3v) is 7.05. The van der Waals surface area contributed by atoms with E-state index in [2.05, 4.69) is 66.9 Å². The Hall–Kier alpha value is -4.30. The minimum atomic E-state index is -1.53. The number of aromatic carboxylic acids is 1. The van der Waals surface area contributed by atoms with Crippen molar-refractivity contribution in [2.45, 2.75) is 90.9 Å². The molecule has 0 aliphatic heterocycles. The SMILES string of the molecule is CCC=CCC=CCC=CCC=CCC=CCCCC(=O)NC(CC(C)C)C(O)Oc1ccc(-c2ccc(F)cc2F)cc1C(=O)O. The van der Waals surface area contributed by atoms with E-state index < -0.39 is 29.9 Å². The van der Waals surface area contributed by atoms with Gasteiger partial charge < -0.3 is 20.3 Å². The van der Waals surface area contributed by atoms with Crippen LogP contribution in [0.1, 0.15) is 88.9 Å². The number of carbonyl (C=O) groups is 2. The van der Waals surface area contributed by atoms with Crippen LogP contribution in [0.3, 0.4) is 0 Å². The van der Waals surface area contributed by atoms with E-state index in [1.807, 2.05) is 19.9 Å². The number of aliphatic hydroxyl groups is 1. The standard InChI is InChI=1S/C39H49F2NO5/c1-4-5-6-7-8-9-10-11-12-13-14-15-16-17-18-19-20-21-37(43)42-35(26-29(2)3)39(46)47-36-25-22-30(27-33(36)38(44)45)32-24-23-31(40)28-34(32)41/h5-6,8-9,11-12,14-15,17-18,22-25,27-29,35,39,46H,4,7,10,13,16,19-21,26H2,1-3H3,(H,42,43)(H,44,45). The zero-order chi connectivity index (χ0) is 34.4. The molecule has 0 saturated heterocycles. The topological polar surface area (TPSA) is 95.9 Å². The number of benzene rings is 2. The first-order chi connectivity index (χ1) is 22.6. The van der Waals surface area contributed by atoms with Gasteiger partial charge in [0.25, 0.3) is 0 Å². The second-order valence-corrected chi connectivity index (χ2v) is 11.6. The molecule has 47 heavy (non-hydrogen) atoms. The lowest BCUT2D eigenvalue weighted by Crippen LogP contribution is -2.46. The summed E-state index contributed by atoms with van der Waals surface area (Å²) in [6, 6.07) is 6.16. The van der Waals surface area contributed by atoms with Gasteiger partial charge in [-0.15, -0.1) is 0 Å². The van der Waals surface area contributed by atoms with Crippen molar-refractivity contribution in [2.24, 2.45) is 5.92 Å². The number of carboxylic acids is 1. The normalized spacial score (nSPS) is 13.5. The molecule has 2 aromatic rings. The van der Waals surface area contributed by atoms with E-state index in [9.17, 15) is 28.6 Å². The molecule has 8 heteroatoms. The predicted octanol–water partition coefficient (Wildman–Crippen LogP) is 9.48. The molecule has 0 spiro atoms. The Morgan fingerprint density at radius 3 is 2.00 bits per heavy atom. The molecule has 2 aromatic carbocycles. The Morgan fingerprint density at radius 2 is 1.45 bits per heavy atom. The van der Waals surface area contributed by atoms with Gasteiger partial charge >= 0.3 is 5.97 Å². The van der Waals surface area contributed by atoms with Crippen molar-refractivity contribution in [2.75, 3.05) is 0 Å². The quantitative estimate of drug-likeness (QED) is 0.0711. The summed E-state index contributed by atoms with van der Waals surface area (Å²) in [6.07, 6.45) is 26.5. The first-order valence-electron chi connectivity index (χ1n) is 16.3. The van der Waals surface area contributed by atoms with Gasteiger partial charge in [-0.2, -0.15) is 0 Å². The van der Waals surface area contributed by atoms with Crippen LogP contribution in [0.15, 0.2) is 97.2 Å². The predicted molar refractivity (Wildman–Crippen MR) is 185 cm³/mol. The van der Waals surface area contributed by atoms with Gasteiger partial charge in [-0.1, -0.05) is 87.6 Å². The summed E-state index contributed by atoms with van der Waals surface area (Å²) in [5.74, 6) is -3.22. The van der Waals surface area contributed by atoms with Crippen LogP contribution in [0.4, 0.5) is 8.78 Å². The minimum absolute atomic E-state index is 0.0236. The van der Waals surface area contributed by atoms with E-state index in [-0.39, 0.29) is 40.7 Å². The van der Waals surface area contributed by atoms with Crippen LogP contribution in [0.25, 0.3) is 11.1 Å². The molecule has 0 bridgehead atoms. The van der Waals surface area contributed by atoms with Crippen molar-refractivity contribution < 1.29 is 33.3 Å². The van der Waals surface area contributed by atoms with Crippen LogP contribution in [-0.4, -0.2) is 34.4 Å². The van der Waals surface area contributed by atoms with E-state index in [0.717, 1.165) is 44.6 Å². The van der Waals surface area contributed by atoms with Crippen LogP contribution in [0.5, 0.6) is 5.75 Å². The van der Waals surface area contributed by atoms with Gasteiger partial charge in [-0.05, 0) is 87.1 Å². The molecule has 0 aromatic heterocycles. The number of carboxylic acid groups (broad SMARTS) is 1. The molecule has 0 fully saturated rings. The molecule has 0 aliphatic carbocycles. The molecule has 6 nitrogen and oxygen atoms in total. The summed E-state index contributed by atoms with van der Waals surface area (Å²) < 4.78 is 33.3. The Kier molecular flexibility index (Phi) is 18.4. The molecule has 2 atom stereocenters. The highest BCUT2D eigenvalue weighted by Gasteiger charge is 2.26. The largest absolute Gasteiger partial charge is 0.478 e. The van der Waals surface area contributed by atoms with Gasteiger partial charge in [0.15, 0.2) is 0 Å². The number of hydrogen-bond donors (Lipinski definition) is 3. The number of halogens is 2. The van der Waals surface area contributed by atoms with Gasteiger partial charge in [-0.25, -0.2) is 13.6 Å². The lowest BCUT2D eigenvalue weighted by molar-refractivity contribution is -0.126. The zero-order valence-corrected chi connectivity index (χ0v) is 27.7. The van der Waals surface area contributed by atoms with Gasteiger partial charge in [0.2, 0.25) is 12.2 Å². The molecule has 0 saturated carbocycles. The van der Waals surface area contributed by atoms with Crippen molar-refractivity contribution in [1.29, 1.82) is 0 Å². The van der Waals surface area contributed by atoms with Gasteiger partial charge in [-0.3, -0.25) is 4.79 Å². The molecule has 2 rings (SSSR count). The molecule has 2 unspecified atom stereocenters. The van der Waals surface area contributed by atoms with Gasteiger partial charge in [0.1, 0.15) is 22.9 Å². The van der Waals surface area contributed by atoms with Crippen LogP contribution in [-0.2, 0) is 4.79 Å². The number of rotatable bonds is 21. The third-order valence-electron chi connectivity index (χ3n) is 7.05. The van der Waals surface area contributed by atoms with Crippen LogP contribution >= 0.6 is 0 Å². The van der Waals surface area contributed by atoms with E-state index in [1.165, 1.54) is 24.3 Å². The van der Waals surface area contributed by atoms with Crippen LogP contribution in [0.2, 0.25) is 0 Å². The van der Waals surface area contributed by atoms with Crippen molar-refractivity contribution in [3.8, 4) is 16.9 Å². The zero-order valence-electron chi connectivity index (χ0n) is 27.7. The van der Waals surface area contributed by atoms with Crippen molar-refractivity contribution in [1.82, 2.24) is 5.32 Å². The number of amides is 1.